The zero-order valence-electron chi connectivity index (χ0n) is 9.71. The quantitative estimate of drug-likeness (QED) is 0.778. The standard InChI is InChI=1S/C13H12Br2FNS/c1-17-11(12-4-5-13(15)18-12)6-8-2-3-9(14)7-10(8)16/h2-5,7,11,17H,6H2,1H3. The molecule has 0 saturated carbocycles. The van der Waals surface area contributed by atoms with Crippen LogP contribution < -0.4 is 5.32 Å². The molecule has 5 heteroatoms. The summed E-state index contributed by atoms with van der Waals surface area (Å²) in [5, 5.41) is 3.23. The predicted octanol–water partition coefficient (Wildman–Crippen LogP) is 4.92. The van der Waals surface area contributed by atoms with Crippen LogP contribution in [0.1, 0.15) is 16.5 Å². The zero-order chi connectivity index (χ0) is 13.1. The van der Waals surface area contributed by atoms with Crippen LogP contribution in [0.15, 0.2) is 38.6 Å². The van der Waals surface area contributed by atoms with Crippen LogP contribution in [-0.4, -0.2) is 7.05 Å². The first-order valence-electron chi connectivity index (χ1n) is 5.46. The highest BCUT2D eigenvalue weighted by molar-refractivity contribution is 9.11. The van der Waals surface area contributed by atoms with Crippen molar-refractivity contribution >= 4 is 43.2 Å². The largest absolute Gasteiger partial charge is 0.312 e. The molecule has 1 aromatic carbocycles. The average Bonchev–Trinajstić information content (AvgIpc) is 2.75. The van der Waals surface area contributed by atoms with E-state index in [4.69, 9.17) is 0 Å². The van der Waals surface area contributed by atoms with Crippen molar-refractivity contribution in [3.8, 4) is 0 Å². The number of rotatable bonds is 4. The molecule has 2 rings (SSSR count). The van der Waals surface area contributed by atoms with Crippen LogP contribution in [0.25, 0.3) is 0 Å². The van der Waals surface area contributed by atoms with E-state index < -0.39 is 0 Å². The summed E-state index contributed by atoms with van der Waals surface area (Å²) in [7, 11) is 1.90. The Morgan fingerprint density at radius 3 is 2.61 bits per heavy atom. The summed E-state index contributed by atoms with van der Waals surface area (Å²) < 4.78 is 15.7. The third kappa shape index (κ3) is 3.41. The lowest BCUT2D eigenvalue weighted by Crippen LogP contribution is -2.18. The SMILES string of the molecule is CNC(Cc1ccc(Br)cc1F)c1ccc(Br)s1. The van der Waals surface area contributed by atoms with E-state index in [-0.39, 0.29) is 11.9 Å². The Balaban J connectivity index is 2.20. The van der Waals surface area contributed by atoms with Crippen LogP contribution in [0.2, 0.25) is 0 Å². The van der Waals surface area contributed by atoms with Crippen molar-refractivity contribution in [1.29, 1.82) is 0 Å². The molecular formula is C13H12Br2FNS. The Bertz CT molecular complexity index is 542. The molecule has 1 aromatic heterocycles. The van der Waals surface area contributed by atoms with E-state index in [0.717, 1.165) is 13.8 Å². The van der Waals surface area contributed by atoms with Gasteiger partial charge in [0, 0.05) is 15.4 Å². The van der Waals surface area contributed by atoms with Gasteiger partial charge in [-0.25, -0.2) is 4.39 Å². The number of hydrogen-bond donors (Lipinski definition) is 1. The molecule has 0 radical (unpaired) electrons. The number of thiophene rings is 1. The summed E-state index contributed by atoms with van der Waals surface area (Å²) in [4.78, 5) is 1.20. The number of benzene rings is 1. The monoisotopic (exact) mass is 391 g/mol. The predicted molar refractivity (Wildman–Crippen MR) is 81.6 cm³/mol. The highest BCUT2D eigenvalue weighted by atomic mass is 79.9. The minimum Gasteiger partial charge on any atom is -0.312 e. The van der Waals surface area contributed by atoms with Gasteiger partial charge in [-0.1, -0.05) is 22.0 Å². The van der Waals surface area contributed by atoms with Crippen LogP contribution in [-0.2, 0) is 6.42 Å². The van der Waals surface area contributed by atoms with Gasteiger partial charge < -0.3 is 5.32 Å². The van der Waals surface area contributed by atoms with Crippen molar-refractivity contribution in [3.05, 3.63) is 54.8 Å². The molecule has 1 heterocycles. The summed E-state index contributed by atoms with van der Waals surface area (Å²) in [6, 6.07) is 9.42. The van der Waals surface area contributed by atoms with E-state index in [2.05, 4.69) is 43.2 Å². The molecule has 0 spiro atoms. The van der Waals surface area contributed by atoms with Crippen LogP contribution in [0.3, 0.4) is 0 Å². The molecule has 0 amide bonds. The summed E-state index contributed by atoms with van der Waals surface area (Å²) in [6.07, 6.45) is 0.641. The topological polar surface area (TPSA) is 12.0 Å². The van der Waals surface area contributed by atoms with Crippen LogP contribution in [0.4, 0.5) is 4.39 Å². The lowest BCUT2D eigenvalue weighted by molar-refractivity contribution is 0.559. The molecule has 0 aliphatic heterocycles. The van der Waals surface area contributed by atoms with Crippen molar-refractivity contribution in [2.24, 2.45) is 0 Å². The maximum Gasteiger partial charge on any atom is 0.127 e. The first kappa shape index (κ1) is 14.2. The number of hydrogen-bond acceptors (Lipinski definition) is 2. The molecule has 0 bridgehead atoms. The lowest BCUT2D eigenvalue weighted by Gasteiger charge is -2.15. The maximum atomic E-state index is 13.8. The molecule has 0 aliphatic carbocycles. The first-order chi connectivity index (χ1) is 8.60. The third-order valence-electron chi connectivity index (χ3n) is 2.73. The van der Waals surface area contributed by atoms with Crippen molar-refractivity contribution in [1.82, 2.24) is 5.32 Å². The summed E-state index contributed by atoms with van der Waals surface area (Å²) >= 11 is 8.39. The summed E-state index contributed by atoms with van der Waals surface area (Å²) in [6.45, 7) is 0. The molecule has 2 aromatic rings. The van der Waals surface area contributed by atoms with Crippen LogP contribution in [0, 0.1) is 5.82 Å². The molecule has 0 saturated heterocycles. The van der Waals surface area contributed by atoms with E-state index in [1.165, 1.54) is 10.9 Å². The van der Waals surface area contributed by atoms with Crippen molar-refractivity contribution in [2.75, 3.05) is 7.05 Å². The molecule has 18 heavy (non-hydrogen) atoms. The Morgan fingerprint density at radius 1 is 1.28 bits per heavy atom. The third-order valence-corrected chi connectivity index (χ3v) is 4.96. The van der Waals surface area contributed by atoms with Gasteiger partial charge in [0.05, 0.1) is 3.79 Å². The fraction of sp³-hybridized carbons (Fsp3) is 0.231. The van der Waals surface area contributed by atoms with Gasteiger partial charge in [0.1, 0.15) is 5.82 Å². The molecule has 1 atom stereocenters. The molecule has 0 aliphatic rings. The molecule has 1 N–H and O–H groups in total. The van der Waals surface area contributed by atoms with E-state index >= 15 is 0 Å². The Hall–Kier alpha value is -0.230. The van der Waals surface area contributed by atoms with E-state index in [0.29, 0.717) is 6.42 Å². The van der Waals surface area contributed by atoms with Gasteiger partial charge in [-0.05, 0) is 59.2 Å². The van der Waals surface area contributed by atoms with E-state index in [9.17, 15) is 4.39 Å². The van der Waals surface area contributed by atoms with Crippen molar-refractivity contribution < 1.29 is 4.39 Å². The Kier molecular flexibility index (Phi) is 4.95. The smallest absolute Gasteiger partial charge is 0.127 e. The molecule has 1 nitrogen and oxygen atoms in total. The lowest BCUT2D eigenvalue weighted by atomic mass is 10.0. The van der Waals surface area contributed by atoms with E-state index in [1.54, 1.807) is 11.3 Å². The number of halogens is 3. The number of nitrogens with one attached hydrogen (secondary N) is 1. The van der Waals surface area contributed by atoms with Crippen LogP contribution in [0.5, 0.6) is 0 Å². The fourth-order valence-corrected chi connectivity index (χ4v) is 3.63. The maximum absolute atomic E-state index is 13.8. The van der Waals surface area contributed by atoms with Crippen molar-refractivity contribution in [2.45, 2.75) is 12.5 Å². The van der Waals surface area contributed by atoms with Crippen LogP contribution >= 0.6 is 43.2 Å². The molecule has 0 fully saturated rings. The van der Waals surface area contributed by atoms with Gasteiger partial charge in [-0.2, -0.15) is 0 Å². The highest BCUT2D eigenvalue weighted by Crippen LogP contribution is 2.30. The molecular weight excluding hydrogens is 381 g/mol. The van der Waals surface area contributed by atoms with Gasteiger partial charge in [0.2, 0.25) is 0 Å². The van der Waals surface area contributed by atoms with E-state index in [1.807, 2.05) is 25.2 Å². The van der Waals surface area contributed by atoms with Gasteiger partial charge in [0.25, 0.3) is 0 Å². The van der Waals surface area contributed by atoms with Gasteiger partial charge in [-0.3, -0.25) is 0 Å². The fourth-order valence-electron chi connectivity index (χ4n) is 1.77. The Morgan fingerprint density at radius 2 is 2.06 bits per heavy atom. The average molecular weight is 393 g/mol. The Labute approximate surface area is 127 Å². The van der Waals surface area contributed by atoms with Gasteiger partial charge in [0.15, 0.2) is 0 Å². The van der Waals surface area contributed by atoms with Crippen molar-refractivity contribution in [3.63, 3.8) is 0 Å². The summed E-state index contributed by atoms with van der Waals surface area (Å²) in [5.74, 6) is -0.166. The second-order valence-corrected chi connectivity index (χ2v) is 7.33. The van der Waals surface area contributed by atoms with Gasteiger partial charge in [-0.15, -0.1) is 11.3 Å². The molecule has 96 valence electrons. The number of likely N-dealkylation sites (N-methyl/N-ethyl adjacent to an activating group) is 1. The van der Waals surface area contributed by atoms with Gasteiger partial charge >= 0.3 is 0 Å². The minimum atomic E-state index is -0.166. The zero-order valence-corrected chi connectivity index (χ0v) is 13.7. The highest BCUT2D eigenvalue weighted by Gasteiger charge is 2.14. The molecule has 1 unspecified atom stereocenters. The normalized spacial score (nSPS) is 12.7. The summed E-state index contributed by atoms with van der Waals surface area (Å²) in [5.41, 5.74) is 0.724. The minimum absolute atomic E-state index is 0.136. The second kappa shape index (κ2) is 6.28. The first-order valence-corrected chi connectivity index (χ1v) is 7.87. The second-order valence-electron chi connectivity index (χ2n) is 3.92.